The molecule has 0 heteroatoms. The summed E-state index contributed by atoms with van der Waals surface area (Å²) in [4.78, 5) is 0. The van der Waals surface area contributed by atoms with Crippen molar-refractivity contribution in [1.82, 2.24) is 0 Å². The Bertz CT molecular complexity index is 603. The molecule has 0 fully saturated rings. The van der Waals surface area contributed by atoms with E-state index < -0.39 is 0 Å². The lowest BCUT2D eigenvalue weighted by atomic mass is 10.1. The van der Waals surface area contributed by atoms with Crippen molar-refractivity contribution < 1.29 is 0 Å². The first-order chi connectivity index (χ1) is 9.47. The molecule has 0 amide bonds. The summed E-state index contributed by atoms with van der Waals surface area (Å²) in [6.45, 7) is 15.8. The predicted molar refractivity (Wildman–Crippen MR) is 92.0 cm³/mol. The quantitative estimate of drug-likeness (QED) is 0.634. The second kappa shape index (κ2) is 7.49. The van der Waals surface area contributed by atoms with Gasteiger partial charge in [0.05, 0.1) is 0 Å². The molecule has 0 aliphatic carbocycles. The van der Waals surface area contributed by atoms with Gasteiger partial charge in [0.15, 0.2) is 0 Å². The lowest BCUT2D eigenvalue weighted by Crippen LogP contribution is -1.80. The molecule has 0 aromatic heterocycles. The third-order valence-electron chi connectivity index (χ3n) is 3.30. The van der Waals surface area contributed by atoms with Crippen LogP contribution in [0.2, 0.25) is 0 Å². The number of aryl methyl sites for hydroxylation is 4. The first-order valence-electron chi connectivity index (χ1n) is 6.87. The highest BCUT2D eigenvalue weighted by Gasteiger charge is 1.92. The Morgan fingerprint density at radius 2 is 1.20 bits per heavy atom. The zero-order valence-electron chi connectivity index (χ0n) is 13.0. The average molecular weight is 264 g/mol. The summed E-state index contributed by atoms with van der Waals surface area (Å²) in [6.07, 6.45) is 3.77. The average Bonchev–Trinajstić information content (AvgIpc) is 2.42. The zero-order valence-corrected chi connectivity index (χ0v) is 13.0. The summed E-state index contributed by atoms with van der Waals surface area (Å²) in [6, 6.07) is 12.7. The summed E-state index contributed by atoms with van der Waals surface area (Å²) in [5, 5.41) is 0. The van der Waals surface area contributed by atoms with Crippen molar-refractivity contribution in [3.63, 3.8) is 0 Å². The maximum atomic E-state index is 3.73. The van der Waals surface area contributed by atoms with E-state index in [-0.39, 0.29) is 0 Å². The molecule has 0 aliphatic heterocycles. The van der Waals surface area contributed by atoms with Crippen molar-refractivity contribution in [2.45, 2.75) is 27.7 Å². The summed E-state index contributed by atoms with van der Waals surface area (Å²) >= 11 is 0. The second-order valence-corrected chi connectivity index (χ2v) is 5.13. The largest absolute Gasteiger partial charge is 0.0985 e. The molecule has 0 atom stereocenters. The van der Waals surface area contributed by atoms with Crippen molar-refractivity contribution >= 4 is 12.2 Å². The molecule has 0 unspecified atom stereocenters. The van der Waals surface area contributed by atoms with Gasteiger partial charge >= 0.3 is 0 Å². The molecule has 2 aromatic carbocycles. The smallest absolute Gasteiger partial charge is 0.0231 e. The van der Waals surface area contributed by atoms with Crippen LogP contribution in [-0.2, 0) is 0 Å². The van der Waals surface area contributed by atoms with Gasteiger partial charge in [-0.15, -0.1) is 0 Å². The molecule has 0 N–H and O–H groups in total. The van der Waals surface area contributed by atoms with Crippen LogP contribution in [-0.4, -0.2) is 0 Å². The highest BCUT2D eigenvalue weighted by atomic mass is 14.0. The van der Waals surface area contributed by atoms with Gasteiger partial charge in [0.25, 0.3) is 0 Å². The lowest BCUT2D eigenvalue weighted by molar-refractivity contribution is 1.37. The first kappa shape index (κ1) is 16.0. The second-order valence-electron chi connectivity index (χ2n) is 5.13. The Hall–Kier alpha value is -2.08. The Morgan fingerprint density at radius 1 is 0.650 bits per heavy atom. The highest BCUT2D eigenvalue weighted by molar-refractivity contribution is 5.53. The number of hydrogen-bond donors (Lipinski definition) is 0. The van der Waals surface area contributed by atoms with Gasteiger partial charge in [-0.05, 0) is 49.9 Å². The zero-order chi connectivity index (χ0) is 15.1. The Labute approximate surface area is 123 Å². The Balaban J connectivity index is 0.000000200. The SMILES string of the molecule is C=Cc1cc(C)ccc1C.C=Cc1ccc(C)cc1C. The van der Waals surface area contributed by atoms with Gasteiger partial charge in [0, 0.05) is 0 Å². The molecule has 0 saturated carbocycles. The maximum absolute atomic E-state index is 3.73. The van der Waals surface area contributed by atoms with Crippen LogP contribution in [0.25, 0.3) is 12.2 Å². The van der Waals surface area contributed by atoms with Crippen LogP contribution in [0.1, 0.15) is 33.4 Å². The molecular formula is C20H24. The van der Waals surface area contributed by atoms with Crippen LogP contribution in [0, 0.1) is 27.7 Å². The van der Waals surface area contributed by atoms with E-state index in [1.807, 2.05) is 12.2 Å². The number of hydrogen-bond acceptors (Lipinski definition) is 0. The van der Waals surface area contributed by atoms with Crippen molar-refractivity contribution in [1.29, 1.82) is 0 Å². The summed E-state index contributed by atoms with van der Waals surface area (Å²) < 4.78 is 0. The standard InChI is InChI=1S/2C10H12/c1-4-10-6-5-8(2)7-9(10)3;1-4-10-7-8(2)5-6-9(10)3/h2*4-7H,1H2,2-3H3. The molecule has 0 bridgehead atoms. The Kier molecular flexibility index (Phi) is 5.99. The minimum Gasteiger partial charge on any atom is -0.0985 e. The molecule has 104 valence electrons. The van der Waals surface area contributed by atoms with Gasteiger partial charge in [-0.1, -0.05) is 72.8 Å². The van der Waals surface area contributed by atoms with E-state index in [1.165, 1.54) is 33.4 Å². The van der Waals surface area contributed by atoms with E-state index in [0.29, 0.717) is 0 Å². The fourth-order valence-corrected chi connectivity index (χ4v) is 2.03. The summed E-state index contributed by atoms with van der Waals surface area (Å²) in [5.41, 5.74) is 7.66. The maximum Gasteiger partial charge on any atom is -0.0231 e. The lowest BCUT2D eigenvalue weighted by Gasteiger charge is -1.99. The van der Waals surface area contributed by atoms with E-state index in [0.717, 1.165) is 0 Å². The van der Waals surface area contributed by atoms with Crippen LogP contribution in [0.5, 0.6) is 0 Å². The molecule has 0 nitrogen and oxygen atoms in total. The minimum atomic E-state index is 1.23. The molecule has 2 rings (SSSR count). The van der Waals surface area contributed by atoms with Gasteiger partial charge < -0.3 is 0 Å². The first-order valence-corrected chi connectivity index (χ1v) is 6.87. The molecule has 2 aromatic rings. The van der Waals surface area contributed by atoms with Gasteiger partial charge in [-0.25, -0.2) is 0 Å². The van der Waals surface area contributed by atoms with Crippen LogP contribution < -0.4 is 0 Å². The van der Waals surface area contributed by atoms with Crippen LogP contribution in [0.3, 0.4) is 0 Å². The molecule has 0 radical (unpaired) electrons. The van der Waals surface area contributed by atoms with Gasteiger partial charge in [0.1, 0.15) is 0 Å². The summed E-state index contributed by atoms with van der Waals surface area (Å²) in [5.74, 6) is 0. The predicted octanol–water partition coefficient (Wildman–Crippen LogP) is 5.89. The van der Waals surface area contributed by atoms with E-state index in [4.69, 9.17) is 0 Å². The van der Waals surface area contributed by atoms with E-state index in [9.17, 15) is 0 Å². The van der Waals surface area contributed by atoms with Crippen molar-refractivity contribution in [3.8, 4) is 0 Å². The normalized spacial score (nSPS) is 9.40. The monoisotopic (exact) mass is 264 g/mol. The molecule has 0 heterocycles. The van der Waals surface area contributed by atoms with Crippen LogP contribution in [0.15, 0.2) is 49.6 Å². The molecular weight excluding hydrogens is 240 g/mol. The van der Waals surface area contributed by atoms with E-state index in [1.54, 1.807) is 0 Å². The van der Waals surface area contributed by atoms with Gasteiger partial charge in [-0.2, -0.15) is 0 Å². The highest BCUT2D eigenvalue weighted by Crippen LogP contribution is 2.11. The number of rotatable bonds is 2. The molecule has 0 saturated heterocycles. The third kappa shape index (κ3) is 4.55. The Morgan fingerprint density at radius 3 is 1.70 bits per heavy atom. The number of benzene rings is 2. The third-order valence-corrected chi connectivity index (χ3v) is 3.30. The van der Waals surface area contributed by atoms with E-state index >= 15 is 0 Å². The van der Waals surface area contributed by atoms with Crippen LogP contribution >= 0.6 is 0 Å². The van der Waals surface area contributed by atoms with Crippen molar-refractivity contribution in [3.05, 3.63) is 82.9 Å². The minimum absolute atomic E-state index is 1.23. The summed E-state index contributed by atoms with van der Waals surface area (Å²) in [7, 11) is 0. The van der Waals surface area contributed by atoms with Gasteiger partial charge in [-0.3, -0.25) is 0 Å². The molecule has 20 heavy (non-hydrogen) atoms. The topological polar surface area (TPSA) is 0 Å². The van der Waals surface area contributed by atoms with Crippen molar-refractivity contribution in [2.75, 3.05) is 0 Å². The van der Waals surface area contributed by atoms with Crippen molar-refractivity contribution in [2.24, 2.45) is 0 Å². The van der Waals surface area contributed by atoms with Gasteiger partial charge in [0.2, 0.25) is 0 Å². The molecule has 0 aliphatic rings. The molecule has 0 spiro atoms. The van der Waals surface area contributed by atoms with Crippen LogP contribution in [0.4, 0.5) is 0 Å². The fraction of sp³-hybridized carbons (Fsp3) is 0.200. The fourth-order valence-electron chi connectivity index (χ4n) is 2.03. The van der Waals surface area contributed by atoms with E-state index in [2.05, 4.69) is 77.3 Å².